The molecule has 8 heteroatoms. The van der Waals surface area contributed by atoms with Crippen molar-refractivity contribution in [3.8, 4) is 0 Å². The smallest absolute Gasteiger partial charge is 0.277 e. The van der Waals surface area contributed by atoms with Crippen molar-refractivity contribution in [2.24, 2.45) is 5.73 Å². The molecule has 2 heterocycles. The monoisotopic (exact) mass is 317 g/mol. The number of nitrogens with two attached hydrogens (primary N) is 1. The van der Waals surface area contributed by atoms with Crippen molar-refractivity contribution in [3.63, 3.8) is 0 Å². The minimum Gasteiger partial charge on any atom is -0.448 e. The molecule has 2 amide bonds. The molecular weight excluding hydrogens is 298 g/mol. The van der Waals surface area contributed by atoms with Crippen LogP contribution < -0.4 is 11.1 Å². The van der Waals surface area contributed by atoms with Crippen LogP contribution in [0, 0.1) is 0 Å². The molecule has 23 heavy (non-hydrogen) atoms. The van der Waals surface area contributed by atoms with Gasteiger partial charge in [0.2, 0.25) is 0 Å². The molecule has 0 radical (unpaired) electrons. The largest absolute Gasteiger partial charge is 0.448 e. The molecule has 1 aliphatic rings. The molecular formula is C15H19N5O3. The fourth-order valence-corrected chi connectivity index (χ4v) is 2.49. The maximum Gasteiger partial charge on any atom is 0.277 e. The molecule has 0 saturated heterocycles. The summed E-state index contributed by atoms with van der Waals surface area (Å²) in [6, 6.07) is 0. The number of nitrogens with one attached hydrogen (secondary N) is 2. The van der Waals surface area contributed by atoms with Crippen molar-refractivity contribution in [1.82, 2.24) is 15.2 Å². The molecule has 4 N–H and O–H groups in total. The van der Waals surface area contributed by atoms with Crippen LogP contribution in [0.5, 0.6) is 0 Å². The molecule has 1 aliphatic carbocycles. The van der Waals surface area contributed by atoms with Gasteiger partial charge in [-0.1, -0.05) is 20.3 Å². The van der Waals surface area contributed by atoms with Gasteiger partial charge in [0.05, 0.1) is 11.4 Å². The Hall–Kier alpha value is -2.64. The highest BCUT2D eigenvalue weighted by Gasteiger charge is 2.27. The number of H-pyrrole nitrogens is 1. The predicted molar refractivity (Wildman–Crippen MR) is 82.2 cm³/mol. The summed E-state index contributed by atoms with van der Waals surface area (Å²) >= 11 is 0. The number of hydrogen-bond acceptors (Lipinski definition) is 5. The first kappa shape index (κ1) is 15.3. The second kappa shape index (κ2) is 5.86. The zero-order chi connectivity index (χ0) is 16.6. The Kier molecular flexibility index (Phi) is 3.89. The third-order valence-corrected chi connectivity index (χ3v) is 4.05. The van der Waals surface area contributed by atoms with Gasteiger partial charge < -0.3 is 15.5 Å². The third kappa shape index (κ3) is 2.84. The van der Waals surface area contributed by atoms with E-state index < -0.39 is 11.8 Å². The summed E-state index contributed by atoms with van der Waals surface area (Å²) in [6.45, 7) is 3.83. The van der Waals surface area contributed by atoms with Crippen LogP contribution in [-0.2, 0) is 0 Å². The van der Waals surface area contributed by atoms with E-state index in [1.54, 1.807) is 0 Å². The van der Waals surface area contributed by atoms with Gasteiger partial charge in [-0.05, 0) is 18.8 Å². The highest BCUT2D eigenvalue weighted by atomic mass is 16.3. The van der Waals surface area contributed by atoms with Gasteiger partial charge in [-0.2, -0.15) is 5.10 Å². The van der Waals surface area contributed by atoms with Gasteiger partial charge in [0.15, 0.2) is 17.3 Å². The van der Waals surface area contributed by atoms with Gasteiger partial charge in [0.25, 0.3) is 11.8 Å². The lowest BCUT2D eigenvalue weighted by molar-refractivity contribution is 0.0996. The van der Waals surface area contributed by atoms with Crippen molar-refractivity contribution in [2.75, 3.05) is 5.32 Å². The Morgan fingerprint density at radius 2 is 2.17 bits per heavy atom. The zero-order valence-corrected chi connectivity index (χ0v) is 13.0. The average molecular weight is 317 g/mol. The first-order valence-electron chi connectivity index (χ1n) is 7.62. The van der Waals surface area contributed by atoms with Crippen molar-refractivity contribution in [2.45, 2.75) is 44.9 Å². The molecule has 0 aliphatic heterocycles. The fourth-order valence-electron chi connectivity index (χ4n) is 2.49. The van der Waals surface area contributed by atoms with E-state index in [-0.39, 0.29) is 17.3 Å². The van der Waals surface area contributed by atoms with Gasteiger partial charge in [0.1, 0.15) is 6.26 Å². The lowest BCUT2D eigenvalue weighted by atomic mass is 9.85. The number of anilines is 1. The van der Waals surface area contributed by atoms with Crippen LogP contribution in [0.2, 0.25) is 0 Å². The van der Waals surface area contributed by atoms with E-state index in [1.807, 2.05) is 13.8 Å². The van der Waals surface area contributed by atoms with Crippen LogP contribution in [-0.4, -0.2) is 27.0 Å². The van der Waals surface area contributed by atoms with Crippen LogP contribution in [0.4, 0.5) is 5.69 Å². The second-order valence-electron chi connectivity index (χ2n) is 6.03. The van der Waals surface area contributed by atoms with Crippen molar-refractivity contribution in [3.05, 3.63) is 29.2 Å². The lowest BCUT2D eigenvalue weighted by Crippen LogP contribution is -2.19. The molecule has 2 aromatic rings. The van der Waals surface area contributed by atoms with Crippen LogP contribution in [0.25, 0.3) is 0 Å². The Bertz CT molecular complexity index is 742. The zero-order valence-electron chi connectivity index (χ0n) is 13.0. The van der Waals surface area contributed by atoms with E-state index in [1.165, 1.54) is 6.26 Å². The molecule has 0 unspecified atom stereocenters. The number of nitrogens with zero attached hydrogens (tertiary/aromatic N) is 2. The highest BCUT2D eigenvalue weighted by molar-refractivity contribution is 6.07. The van der Waals surface area contributed by atoms with Gasteiger partial charge in [-0.25, -0.2) is 4.98 Å². The number of aromatic amines is 1. The third-order valence-electron chi connectivity index (χ3n) is 4.05. The van der Waals surface area contributed by atoms with Crippen LogP contribution in [0.3, 0.4) is 0 Å². The molecule has 1 fully saturated rings. The molecule has 3 rings (SSSR count). The molecule has 2 aromatic heterocycles. The van der Waals surface area contributed by atoms with E-state index in [0.29, 0.717) is 23.2 Å². The van der Waals surface area contributed by atoms with E-state index in [2.05, 4.69) is 20.5 Å². The molecule has 8 nitrogen and oxygen atoms in total. The summed E-state index contributed by atoms with van der Waals surface area (Å²) in [5.41, 5.74) is 6.42. The Balaban J connectivity index is 1.83. The van der Waals surface area contributed by atoms with Crippen molar-refractivity contribution >= 4 is 17.5 Å². The predicted octanol–water partition coefficient (Wildman–Crippen LogP) is 2.14. The summed E-state index contributed by atoms with van der Waals surface area (Å²) < 4.78 is 5.38. The standard InChI is InChI=1S/C15H19N5O3/c1-7(2)10-11(12(13(16)21)20-19-10)18-14(22)9-6-23-15(17-9)8-4-3-5-8/h6-8H,3-5H2,1-2H3,(H2,16,21)(H,18,22)(H,19,20). The van der Waals surface area contributed by atoms with E-state index in [0.717, 1.165) is 19.3 Å². The summed E-state index contributed by atoms with van der Waals surface area (Å²) in [7, 11) is 0. The first-order valence-corrected chi connectivity index (χ1v) is 7.62. The maximum absolute atomic E-state index is 12.4. The van der Waals surface area contributed by atoms with Crippen LogP contribution in [0.15, 0.2) is 10.7 Å². The molecule has 1 saturated carbocycles. The number of rotatable bonds is 5. The summed E-state index contributed by atoms with van der Waals surface area (Å²) in [4.78, 5) is 28.1. The average Bonchev–Trinajstić information content (AvgIpc) is 3.03. The fraction of sp³-hybridized carbons (Fsp3) is 0.467. The second-order valence-corrected chi connectivity index (χ2v) is 6.03. The summed E-state index contributed by atoms with van der Waals surface area (Å²) in [5, 5.41) is 9.30. The van der Waals surface area contributed by atoms with E-state index >= 15 is 0 Å². The lowest BCUT2D eigenvalue weighted by Gasteiger charge is -2.21. The SMILES string of the molecule is CC(C)c1[nH]nc(C(N)=O)c1NC(=O)c1coc(C2CCC2)n1. The Labute approximate surface area is 132 Å². The van der Waals surface area contributed by atoms with Crippen molar-refractivity contribution in [1.29, 1.82) is 0 Å². The van der Waals surface area contributed by atoms with E-state index in [4.69, 9.17) is 10.2 Å². The summed E-state index contributed by atoms with van der Waals surface area (Å²) in [5.74, 6) is -0.233. The molecule has 122 valence electrons. The number of carbonyl (C=O) groups excluding carboxylic acids is 2. The van der Waals surface area contributed by atoms with Crippen LogP contribution >= 0.6 is 0 Å². The normalized spacial score (nSPS) is 14.7. The van der Waals surface area contributed by atoms with Crippen LogP contribution in [0.1, 0.15) is 77.5 Å². The van der Waals surface area contributed by atoms with Crippen molar-refractivity contribution < 1.29 is 14.0 Å². The number of oxazole rings is 1. The number of carbonyl (C=O) groups is 2. The van der Waals surface area contributed by atoms with E-state index in [9.17, 15) is 9.59 Å². The molecule has 0 bridgehead atoms. The molecule has 0 atom stereocenters. The number of primary amides is 1. The summed E-state index contributed by atoms with van der Waals surface area (Å²) in [6.07, 6.45) is 4.56. The quantitative estimate of drug-likeness (QED) is 0.778. The number of amides is 2. The van der Waals surface area contributed by atoms with Gasteiger partial charge >= 0.3 is 0 Å². The van der Waals surface area contributed by atoms with Gasteiger partial charge in [-0.15, -0.1) is 0 Å². The molecule has 0 aromatic carbocycles. The number of aromatic nitrogens is 3. The number of hydrogen-bond donors (Lipinski definition) is 3. The molecule has 0 spiro atoms. The van der Waals surface area contributed by atoms with Gasteiger partial charge in [-0.3, -0.25) is 14.7 Å². The Morgan fingerprint density at radius 1 is 1.43 bits per heavy atom. The minimum atomic E-state index is -0.709. The maximum atomic E-state index is 12.4. The topological polar surface area (TPSA) is 127 Å². The minimum absolute atomic E-state index is 0.00441. The Morgan fingerprint density at radius 3 is 2.74 bits per heavy atom. The highest BCUT2D eigenvalue weighted by Crippen LogP contribution is 2.35. The van der Waals surface area contributed by atoms with Gasteiger partial charge in [0, 0.05) is 5.92 Å². The first-order chi connectivity index (χ1) is 11.0.